The van der Waals surface area contributed by atoms with Gasteiger partial charge in [-0.15, -0.1) is 0 Å². The van der Waals surface area contributed by atoms with Gasteiger partial charge >= 0.3 is 0 Å². The second-order valence-corrected chi connectivity index (χ2v) is 6.73. The van der Waals surface area contributed by atoms with E-state index in [0.717, 1.165) is 11.3 Å². The van der Waals surface area contributed by atoms with Crippen LogP contribution in [-0.2, 0) is 0 Å². The van der Waals surface area contributed by atoms with E-state index in [2.05, 4.69) is 20.6 Å². The predicted molar refractivity (Wildman–Crippen MR) is 107 cm³/mol. The molecule has 0 radical (unpaired) electrons. The standard InChI is InChI=1S/C20H17ClN4O3/c1-11-3-4-13(21)7-15(11)25-19-9-16(22-12(2)23-19)20(26)24-14-5-6-17-18(8-14)28-10-27-17/h3-9H,10H2,1-2H3,(H,24,26)(H,22,23,25). The van der Waals surface area contributed by atoms with Crippen molar-refractivity contribution in [1.29, 1.82) is 0 Å². The van der Waals surface area contributed by atoms with Gasteiger partial charge < -0.3 is 20.1 Å². The minimum atomic E-state index is -0.352. The summed E-state index contributed by atoms with van der Waals surface area (Å²) in [5.74, 6) is 1.87. The number of benzene rings is 2. The molecular formula is C20H17ClN4O3. The van der Waals surface area contributed by atoms with E-state index >= 15 is 0 Å². The maximum atomic E-state index is 12.7. The Labute approximate surface area is 166 Å². The number of ether oxygens (including phenoxy) is 2. The molecule has 1 aromatic heterocycles. The summed E-state index contributed by atoms with van der Waals surface area (Å²) in [6.07, 6.45) is 0. The first kappa shape index (κ1) is 18.1. The zero-order valence-corrected chi connectivity index (χ0v) is 16.0. The van der Waals surface area contributed by atoms with Crippen LogP contribution in [0, 0.1) is 13.8 Å². The molecule has 0 spiro atoms. The molecule has 1 aliphatic rings. The number of nitrogens with one attached hydrogen (secondary N) is 2. The van der Waals surface area contributed by atoms with E-state index < -0.39 is 0 Å². The van der Waals surface area contributed by atoms with Crippen LogP contribution < -0.4 is 20.1 Å². The van der Waals surface area contributed by atoms with Crippen molar-refractivity contribution in [2.45, 2.75) is 13.8 Å². The van der Waals surface area contributed by atoms with Gasteiger partial charge in [-0.25, -0.2) is 9.97 Å². The lowest BCUT2D eigenvalue weighted by Crippen LogP contribution is -2.15. The van der Waals surface area contributed by atoms with Crippen LogP contribution in [0.1, 0.15) is 21.9 Å². The Kier molecular flexibility index (Phi) is 4.75. The number of hydrogen-bond acceptors (Lipinski definition) is 6. The van der Waals surface area contributed by atoms with Gasteiger partial charge in [0.1, 0.15) is 17.3 Å². The van der Waals surface area contributed by atoms with E-state index in [9.17, 15) is 4.79 Å². The van der Waals surface area contributed by atoms with E-state index in [1.54, 1.807) is 37.3 Å². The molecule has 7 nitrogen and oxygen atoms in total. The van der Waals surface area contributed by atoms with Gasteiger partial charge in [-0.2, -0.15) is 0 Å². The quantitative estimate of drug-likeness (QED) is 0.676. The van der Waals surface area contributed by atoms with Gasteiger partial charge in [0, 0.05) is 28.5 Å². The van der Waals surface area contributed by atoms with E-state index in [1.807, 2.05) is 19.1 Å². The third-order valence-corrected chi connectivity index (χ3v) is 4.40. The van der Waals surface area contributed by atoms with Crippen molar-refractivity contribution in [3.05, 3.63) is 64.6 Å². The van der Waals surface area contributed by atoms with Crippen LogP contribution in [0.4, 0.5) is 17.2 Å². The predicted octanol–water partition coefficient (Wildman–Crippen LogP) is 4.47. The van der Waals surface area contributed by atoms with Gasteiger partial charge in [-0.1, -0.05) is 17.7 Å². The summed E-state index contributed by atoms with van der Waals surface area (Å²) in [5, 5.41) is 6.62. The van der Waals surface area contributed by atoms with Crippen molar-refractivity contribution < 1.29 is 14.3 Å². The fourth-order valence-corrected chi connectivity index (χ4v) is 2.96. The molecule has 1 aliphatic heterocycles. The highest BCUT2D eigenvalue weighted by Crippen LogP contribution is 2.34. The van der Waals surface area contributed by atoms with Crippen LogP contribution >= 0.6 is 11.6 Å². The maximum absolute atomic E-state index is 12.7. The molecule has 0 atom stereocenters. The Hall–Kier alpha value is -3.32. The monoisotopic (exact) mass is 396 g/mol. The van der Waals surface area contributed by atoms with E-state index in [1.165, 1.54) is 0 Å². The normalized spacial score (nSPS) is 12.0. The third-order valence-electron chi connectivity index (χ3n) is 4.16. The van der Waals surface area contributed by atoms with Crippen molar-refractivity contribution in [3.63, 3.8) is 0 Å². The topological polar surface area (TPSA) is 85.4 Å². The third kappa shape index (κ3) is 3.84. The number of rotatable bonds is 4. The molecule has 0 saturated carbocycles. The highest BCUT2D eigenvalue weighted by molar-refractivity contribution is 6.30. The summed E-state index contributed by atoms with van der Waals surface area (Å²) < 4.78 is 10.6. The van der Waals surface area contributed by atoms with Crippen molar-refractivity contribution in [2.75, 3.05) is 17.4 Å². The number of anilines is 3. The van der Waals surface area contributed by atoms with Crippen molar-refractivity contribution in [1.82, 2.24) is 9.97 Å². The summed E-state index contributed by atoms with van der Waals surface area (Å²) in [6.45, 7) is 3.86. The highest BCUT2D eigenvalue weighted by atomic mass is 35.5. The first-order valence-corrected chi connectivity index (χ1v) is 8.95. The minimum Gasteiger partial charge on any atom is -0.454 e. The van der Waals surface area contributed by atoms with E-state index in [4.69, 9.17) is 21.1 Å². The van der Waals surface area contributed by atoms with Gasteiger partial charge in [0.25, 0.3) is 5.91 Å². The van der Waals surface area contributed by atoms with Gasteiger partial charge in [0.2, 0.25) is 6.79 Å². The number of halogens is 1. The Morgan fingerprint density at radius 2 is 1.86 bits per heavy atom. The van der Waals surface area contributed by atoms with Crippen LogP contribution in [0.5, 0.6) is 11.5 Å². The molecule has 28 heavy (non-hydrogen) atoms. The first-order chi connectivity index (χ1) is 13.5. The molecule has 0 fully saturated rings. The zero-order chi connectivity index (χ0) is 19.7. The summed E-state index contributed by atoms with van der Waals surface area (Å²) in [4.78, 5) is 21.3. The molecule has 0 aliphatic carbocycles. The van der Waals surface area contributed by atoms with Gasteiger partial charge in [-0.3, -0.25) is 4.79 Å². The molecule has 4 rings (SSSR count). The summed E-state index contributed by atoms with van der Waals surface area (Å²) >= 11 is 6.07. The zero-order valence-electron chi connectivity index (χ0n) is 15.2. The van der Waals surface area contributed by atoms with E-state index in [-0.39, 0.29) is 18.4 Å². The molecule has 1 amide bonds. The summed E-state index contributed by atoms with van der Waals surface area (Å²) in [6, 6.07) is 12.3. The molecule has 0 saturated heterocycles. The number of carbonyl (C=O) groups is 1. The molecule has 0 unspecified atom stereocenters. The van der Waals surface area contributed by atoms with Gasteiger partial charge in [0.05, 0.1) is 0 Å². The molecule has 0 bridgehead atoms. The lowest BCUT2D eigenvalue weighted by molar-refractivity contribution is 0.102. The van der Waals surface area contributed by atoms with Crippen molar-refractivity contribution >= 4 is 34.7 Å². The summed E-state index contributed by atoms with van der Waals surface area (Å²) in [7, 11) is 0. The first-order valence-electron chi connectivity index (χ1n) is 8.58. The second kappa shape index (κ2) is 7.36. The Morgan fingerprint density at radius 3 is 2.71 bits per heavy atom. The molecule has 2 aromatic carbocycles. The number of aromatic nitrogens is 2. The molecule has 142 valence electrons. The second-order valence-electron chi connectivity index (χ2n) is 6.29. The smallest absolute Gasteiger partial charge is 0.274 e. The Morgan fingerprint density at radius 1 is 1.04 bits per heavy atom. The Balaban J connectivity index is 1.56. The SMILES string of the molecule is Cc1nc(Nc2cc(Cl)ccc2C)cc(C(=O)Nc2ccc3c(c2)OCO3)n1. The molecule has 3 aromatic rings. The molecule has 8 heteroatoms. The average Bonchev–Trinajstić information content (AvgIpc) is 3.12. The van der Waals surface area contributed by atoms with Gasteiger partial charge in [0.15, 0.2) is 11.5 Å². The number of aryl methyl sites for hydroxylation is 2. The molecular weight excluding hydrogens is 380 g/mol. The van der Waals surface area contributed by atoms with Crippen molar-refractivity contribution in [3.8, 4) is 11.5 Å². The largest absolute Gasteiger partial charge is 0.454 e. The van der Waals surface area contributed by atoms with Crippen LogP contribution in [0.15, 0.2) is 42.5 Å². The summed E-state index contributed by atoms with van der Waals surface area (Å²) in [5.41, 5.74) is 2.65. The average molecular weight is 397 g/mol. The van der Waals surface area contributed by atoms with Crippen LogP contribution in [-0.4, -0.2) is 22.7 Å². The fourth-order valence-electron chi connectivity index (χ4n) is 2.78. The highest BCUT2D eigenvalue weighted by Gasteiger charge is 2.16. The van der Waals surface area contributed by atoms with Crippen LogP contribution in [0.3, 0.4) is 0 Å². The number of fused-ring (bicyclic) bond motifs is 1. The lowest BCUT2D eigenvalue weighted by atomic mass is 10.2. The Bertz CT molecular complexity index is 1070. The lowest BCUT2D eigenvalue weighted by Gasteiger charge is -2.11. The number of hydrogen-bond donors (Lipinski definition) is 2. The van der Waals surface area contributed by atoms with E-state index in [0.29, 0.717) is 33.9 Å². The van der Waals surface area contributed by atoms with Gasteiger partial charge in [-0.05, 0) is 43.7 Å². The number of nitrogens with zero attached hydrogens (tertiary/aromatic N) is 2. The maximum Gasteiger partial charge on any atom is 0.274 e. The molecule has 2 heterocycles. The van der Waals surface area contributed by atoms with Crippen LogP contribution in [0.25, 0.3) is 0 Å². The fraction of sp³-hybridized carbons (Fsp3) is 0.150. The molecule has 2 N–H and O–H groups in total. The van der Waals surface area contributed by atoms with Crippen LogP contribution in [0.2, 0.25) is 5.02 Å². The number of carbonyl (C=O) groups excluding carboxylic acids is 1. The van der Waals surface area contributed by atoms with Crippen molar-refractivity contribution in [2.24, 2.45) is 0 Å². The number of amides is 1. The minimum absolute atomic E-state index is 0.176.